The summed E-state index contributed by atoms with van der Waals surface area (Å²) in [5.41, 5.74) is 1.13. The van der Waals surface area contributed by atoms with Gasteiger partial charge in [0.15, 0.2) is 0 Å². The van der Waals surface area contributed by atoms with Crippen LogP contribution in [0, 0.1) is 0 Å². The third-order valence-electron chi connectivity index (χ3n) is 4.72. The average molecular weight is 463 g/mol. The molecule has 2 amide bonds. The normalized spacial score (nSPS) is 14.3. The van der Waals surface area contributed by atoms with Crippen LogP contribution in [-0.2, 0) is 14.8 Å². The molecule has 0 saturated carbocycles. The van der Waals surface area contributed by atoms with E-state index >= 15 is 0 Å². The molecule has 166 valence electrons. The number of aliphatic imine (C=N–C) groups is 1. The van der Waals surface area contributed by atoms with Gasteiger partial charge in [-0.3, -0.25) is 19.3 Å². The summed E-state index contributed by atoms with van der Waals surface area (Å²) in [4.78, 5) is 28.3. The van der Waals surface area contributed by atoms with Crippen LogP contribution in [0.1, 0.15) is 48.9 Å². The Hall–Kier alpha value is -2.72. The third kappa shape index (κ3) is 7.18. The van der Waals surface area contributed by atoms with Crippen molar-refractivity contribution in [3.05, 3.63) is 46.7 Å². The number of nitrogens with zero attached hydrogens (tertiary/aromatic N) is 1. The molecule has 0 aliphatic carbocycles. The van der Waals surface area contributed by atoms with E-state index in [0.717, 1.165) is 19.3 Å². The lowest BCUT2D eigenvalue weighted by Crippen LogP contribution is -2.30. The van der Waals surface area contributed by atoms with Gasteiger partial charge in [-0.05, 0) is 55.0 Å². The lowest BCUT2D eigenvalue weighted by molar-refractivity contribution is -0.116. The van der Waals surface area contributed by atoms with Crippen molar-refractivity contribution in [2.24, 2.45) is 4.99 Å². The molecular formula is C21H26N4O4S2. The molecule has 0 radical (unpaired) electrons. The second kappa shape index (κ2) is 11.1. The number of carbonyl (C=O) groups is 2. The molecule has 3 N–H and O–H groups in total. The summed E-state index contributed by atoms with van der Waals surface area (Å²) in [7, 11) is -3.70. The molecule has 1 aliphatic rings. The summed E-state index contributed by atoms with van der Waals surface area (Å²) in [6, 6.07) is 7.77. The minimum Gasteiger partial charge on any atom is -0.352 e. The summed E-state index contributed by atoms with van der Waals surface area (Å²) in [6.45, 7) is 1.04. The molecule has 0 unspecified atom stereocenters. The van der Waals surface area contributed by atoms with E-state index in [-0.39, 0.29) is 23.1 Å². The number of amidine groups is 1. The van der Waals surface area contributed by atoms with Gasteiger partial charge in [0.05, 0.1) is 4.90 Å². The number of thiophene rings is 1. The molecule has 0 fully saturated rings. The van der Waals surface area contributed by atoms with Gasteiger partial charge in [-0.15, -0.1) is 0 Å². The van der Waals surface area contributed by atoms with Crippen molar-refractivity contribution in [2.45, 2.75) is 43.4 Å². The van der Waals surface area contributed by atoms with Gasteiger partial charge in [0.25, 0.3) is 15.9 Å². The predicted molar refractivity (Wildman–Crippen MR) is 122 cm³/mol. The summed E-state index contributed by atoms with van der Waals surface area (Å²) in [6.07, 6.45) is 4.31. The minimum absolute atomic E-state index is 0.119. The van der Waals surface area contributed by atoms with Gasteiger partial charge < -0.3 is 10.6 Å². The first-order valence-electron chi connectivity index (χ1n) is 10.2. The van der Waals surface area contributed by atoms with Crippen LogP contribution in [-0.4, -0.2) is 39.2 Å². The summed E-state index contributed by atoms with van der Waals surface area (Å²) in [5.74, 6) is 0.147. The van der Waals surface area contributed by atoms with Gasteiger partial charge in [0, 0.05) is 42.6 Å². The van der Waals surface area contributed by atoms with Gasteiger partial charge in [-0.1, -0.05) is 6.42 Å². The van der Waals surface area contributed by atoms with Crippen LogP contribution in [0.4, 0.5) is 5.69 Å². The van der Waals surface area contributed by atoms with E-state index in [1.54, 1.807) is 23.6 Å². The number of sulfonamides is 1. The van der Waals surface area contributed by atoms with Crippen molar-refractivity contribution in [2.75, 3.05) is 18.4 Å². The number of benzene rings is 1. The van der Waals surface area contributed by atoms with E-state index in [4.69, 9.17) is 0 Å². The molecule has 2 heterocycles. The Morgan fingerprint density at radius 1 is 1.06 bits per heavy atom. The fourth-order valence-electron chi connectivity index (χ4n) is 3.06. The van der Waals surface area contributed by atoms with Crippen molar-refractivity contribution >= 4 is 44.7 Å². The van der Waals surface area contributed by atoms with E-state index in [0.29, 0.717) is 43.0 Å². The Labute approximate surface area is 186 Å². The van der Waals surface area contributed by atoms with E-state index in [9.17, 15) is 18.0 Å². The van der Waals surface area contributed by atoms with Crippen LogP contribution in [0.25, 0.3) is 0 Å². The van der Waals surface area contributed by atoms with Gasteiger partial charge in [-0.25, -0.2) is 8.42 Å². The Kier molecular flexibility index (Phi) is 8.19. The topological polar surface area (TPSA) is 117 Å². The van der Waals surface area contributed by atoms with Crippen LogP contribution in [0.2, 0.25) is 0 Å². The number of amides is 2. The van der Waals surface area contributed by atoms with Crippen molar-refractivity contribution in [1.29, 1.82) is 0 Å². The Morgan fingerprint density at radius 2 is 1.87 bits per heavy atom. The molecule has 1 aliphatic heterocycles. The van der Waals surface area contributed by atoms with Gasteiger partial charge in [0.2, 0.25) is 5.91 Å². The first-order valence-corrected chi connectivity index (χ1v) is 12.6. The Balaban J connectivity index is 1.44. The predicted octanol–water partition coefficient (Wildman–Crippen LogP) is 3.15. The molecular weight excluding hydrogens is 436 g/mol. The third-order valence-corrected chi connectivity index (χ3v) is 6.80. The Morgan fingerprint density at radius 3 is 2.61 bits per heavy atom. The highest BCUT2D eigenvalue weighted by atomic mass is 32.2. The molecule has 2 aromatic rings. The van der Waals surface area contributed by atoms with Crippen LogP contribution in [0.15, 0.2) is 51.0 Å². The number of carbonyl (C=O) groups excluding carboxylic acids is 2. The highest BCUT2D eigenvalue weighted by molar-refractivity contribution is 7.90. The minimum atomic E-state index is -3.70. The van der Waals surface area contributed by atoms with Crippen LogP contribution in [0.3, 0.4) is 0 Å². The maximum atomic E-state index is 12.5. The number of anilines is 1. The van der Waals surface area contributed by atoms with E-state index in [2.05, 4.69) is 20.3 Å². The highest BCUT2D eigenvalue weighted by Gasteiger charge is 2.17. The number of hydrogen-bond donors (Lipinski definition) is 3. The number of hydrogen-bond acceptors (Lipinski definition) is 6. The number of nitrogens with one attached hydrogen (secondary N) is 3. The fraction of sp³-hybridized carbons (Fsp3) is 0.381. The van der Waals surface area contributed by atoms with Crippen LogP contribution in [0.5, 0.6) is 0 Å². The van der Waals surface area contributed by atoms with Gasteiger partial charge >= 0.3 is 0 Å². The SMILES string of the molecule is O=C(CCCNC(=O)c1ccsc1)Nc1ccc(S(=O)(=O)NC2=NCCCCC2)cc1. The first-order chi connectivity index (χ1) is 14.9. The van der Waals surface area contributed by atoms with Gasteiger partial charge in [-0.2, -0.15) is 11.3 Å². The first kappa shape index (κ1) is 23.0. The van der Waals surface area contributed by atoms with Gasteiger partial charge in [0.1, 0.15) is 5.84 Å². The molecule has 1 aromatic carbocycles. The largest absolute Gasteiger partial charge is 0.352 e. The van der Waals surface area contributed by atoms with Crippen LogP contribution < -0.4 is 15.4 Å². The number of rotatable bonds is 8. The molecule has 0 spiro atoms. The van der Waals surface area contributed by atoms with Crippen LogP contribution >= 0.6 is 11.3 Å². The molecule has 0 bridgehead atoms. The lowest BCUT2D eigenvalue weighted by Gasteiger charge is -2.11. The maximum absolute atomic E-state index is 12.5. The molecule has 10 heteroatoms. The maximum Gasteiger partial charge on any atom is 0.262 e. The second-order valence-electron chi connectivity index (χ2n) is 7.19. The zero-order valence-corrected chi connectivity index (χ0v) is 18.7. The lowest BCUT2D eigenvalue weighted by atomic mass is 10.2. The zero-order chi connectivity index (χ0) is 22.1. The quantitative estimate of drug-likeness (QED) is 0.523. The van der Waals surface area contributed by atoms with Crippen molar-refractivity contribution in [1.82, 2.24) is 10.0 Å². The van der Waals surface area contributed by atoms with E-state index < -0.39 is 10.0 Å². The van der Waals surface area contributed by atoms with E-state index in [1.165, 1.54) is 23.5 Å². The summed E-state index contributed by atoms with van der Waals surface area (Å²) in [5, 5.41) is 9.11. The summed E-state index contributed by atoms with van der Waals surface area (Å²) >= 11 is 1.45. The van der Waals surface area contributed by atoms with Crippen molar-refractivity contribution in [3.8, 4) is 0 Å². The molecule has 0 saturated heterocycles. The molecule has 1 aromatic heterocycles. The second-order valence-corrected chi connectivity index (χ2v) is 9.65. The average Bonchev–Trinajstić information content (AvgIpc) is 3.17. The zero-order valence-electron chi connectivity index (χ0n) is 17.1. The summed E-state index contributed by atoms with van der Waals surface area (Å²) < 4.78 is 27.7. The fourth-order valence-corrected chi connectivity index (χ4v) is 4.78. The Bertz CT molecular complexity index is 1020. The standard InChI is InChI=1S/C21H26N4O4S2/c26-20(6-4-13-23-21(27)16-11-14-30-15-16)24-17-7-9-18(10-8-17)31(28,29)25-19-5-2-1-3-12-22-19/h7-11,14-15H,1-6,12-13H2,(H,22,25)(H,23,27)(H,24,26). The molecule has 8 nitrogen and oxygen atoms in total. The highest BCUT2D eigenvalue weighted by Crippen LogP contribution is 2.16. The van der Waals surface area contributed by atoms with Crippen molar-refractivity contribution < 1.29 is 18.0 Å². The van der Waals surface area contributed by atoms with Crippen molar-refractivity contribution in [3.63, 3.8) is 0 Å². The van der Waals surface area contributed by atoms with E-state index in [1.807, 2.05) is 5.38 Å². The molecule has 0 atom stereocenters. The smallest absolute Gasteiger partial charge is 0.262 e. The molecule has 31 heavy (non-hydrogen) atoms. The molecule has 3 rings (SSSR count). The monoisotopic (exact) mass is 462 g/mol.